The van der Waals surface area contributed by atoms with Crippen LogP contribution in [0, 0.1) is 50.2 Å². The number of ether oxygens (including phenoxy) is 10. The number of aliphatic hydroxyl groups excluding tert-OH is 15. The van der Waals surface area contributed by atoms with E-state index < -0.39 is 225 Å². The van der Waals surface area contributed by atoms with Gasteiger partial charge in [0, 0.05) is 5.41 Å². The topological polar surface area (TPSA) is 433 Å². The molecule has 33 atom stereocenters. The van der Waals surface area contributed by atoms with Crippen LogP contribution in [0.15, 0.2) is 11.6 Å². The van der Waals surface area contributed by atoms with Crippen LogP contribution in [0.2, 0.25) is 0 Å². The molecule has 5 saturated heterocycles. The minimum atomic E-state index is -2.18. The fourth-order valence-electron chi connectivity index (χ4n) is 17.5. The maximum absolute atomic E-state index is 15.4. The minimum Gasteiger partial charge on any atom is -0.432 e. The van der Waals surface area contributed by atoms with E-state index in [1.165, 1.54) is 13.8 Å². The third-order valence-corrected chi connectivity index (χ3v) is 22.9. The summed E-state index contributed by atoms with van der Waals surface area (Å²) in [6.45, 7) is 12.5. The van der Waals surface area contributed by atoms with Crippen molar-refractivity contribution in [3.05, 3.63) is 11.6 Å². The van der Waals surface area contributed by atoms with Crippen molar-refractivity contribution in [2.24, 2.45) is 50.2 Å². The molecule has 0 unspecified atom stereocenters. The van der Waals surface area contributed by atoms with E-state index in [1.54, 1.807) is 0 Å². The number of fused-ring (bicyclic) bond motifs is 7. The van der Waals surface area contributed by atoms with Crippen LogP contribution >= 0.6 is 0 Å². The van der Waals surface area contributed by atoms with Crippen molar-refractivity contribution in [2.75, 3.05) is 33.0 Å². The number of aliphatic hydroxyl groups is 16. The summed E-state index contributed by atoms with van der Waals surface area (Å²) >= 11 is 0. The molecular weight excluding hydrogens is 1130 g/mol. The number of rotatable bonds is 13. The highest BCUT2D eigenvalue weighted by molar-refractivity contribution is 5.80. The molecule has 10 rings (SSSR count). The van der Waals surface area contributed by atoms with Crippen LogP contribution in [-0.2, 0) is 52.2 Å². The Morgan fingerprint density at radius 1 is 0.624 bits per heavy atom. The molecule has 27 heteroatoms. The molecule has 488 valence electrons. The molecular formula is C58H94O27. The van der Waals surface area contributed by atoms with Gasteiger partial charge >= 0.3 is 5.97 Å². The lowest BCUT2D eigenvalue weighted by Gasteiger charge is -2.72. The zero-order valence-electron chi connectivity index (χ0n) is 49.5. The SMILES string of the molecule is C[C@@H]1O[C@@H](OC[C@@]2(O)CO[C@@H](O[C@@H]3[C@H](O)[C@@H](O)[C@H](O[C@H]4[C@H](OC(=O)[C@]56CCC(C)(C)C[C@H]5C5=CC[C@@H]7[C@@]8(C)C[C@H](O)[C@H](O[C@@H]9O[C@H](CO)[C@@H](O)[C@H](O)[C@H]9O)[C@@](C)(CO)[C@@H]8CC[C@@]7(C)[C@]5(C)C[C@H]6O)OC[C@H](O)[C@@H]4O)O[C@H]3C)[C@@H]2O)[C@H](O)[C@H](O)[C@H]1O. The molecule has 0 aromatic carbocycles. The lowest BCUT2D eigenvalue weighted by Crippen LogP contribution is -2.70. The molecule has 5 aliphatic heterocycles. The first kappa shape index (κ1) is 66.1. The number of allylic oxidation sites excluding steroid dienone is 2. The number of hydrogen-bond donors (Lipinski definition) is 16. The van der Waals surface area contributed by atoms with Crippen molar-refractivity contribution in [3.8, 4) is 0 Å². The number of carbonyl (C=O) groups excluding carboxylic acids is 1. The lowest BCUT2D eigenvalue weighted by molar-refractivity contribution is -0.361. The van der Waals surface area contributed by atoms with E-state index in [1.807, 2.05) is 6.92 Å². The van der Waals surface area contributed by atoms with Gasteiger partial charge < -0.3 is 129 Å². The minimum absolute atomic E-state index is 0.126. The van der Waals surface area contributed by atoms with Crippen molar-refractivity contribution in [3.63, 3.8) is 0 Å². The molecule has 0 bridgehead atoms. The van der Waals surface area contributed by atoms with Crippen LogP contribution in [0.25, 0.3) is 0 Å². The van der Waals surface area contributed by atoms with E-state index in [0.29, 0.717) is 32.1 Å². The average Bonchev–Trinajstić information content (AvgIpc) is 0.989. The van der Waals surface area contributed by atoms with Gasteiger partial charge in [0.25, 0.3) is 0 Å². The molecule has 0 amide bonds. The normalized spacial score (nSPS) is 56.0. The van der Waals surface area contributed by atoms with E-state index in [4.69, 9.17) is 47.4 Å². The molecule has 0 aromatic heterocycles. The van der Waals surface area contributed by atoms with Gasteiger partial charge in [0.05, 0.1) is 63.6 Å². The molecule has 85 heavy (non-hydrogen) atoms. The van der Waals surface area contributed by atoms with Crippen LogP contribution in [0.1, 0.15) is 107 Å². The molecule has 16 N–H and O–H groups in total. The first-order chi connectivity index (χ1) is 39.7. The van der Waals surface area contributed by atoms with Crippen molar-refractivity contribution in [2.45, 2.75) is 260 Å². The standard InChI is InChI=1S/C58H94O27/c1-23-33(64)36(67)39(70)46(79-23)77-21-57(75)22-78-50(44(57)73)82-42-24(2)80-47(41(72)38(42)69)83-43-34(65)28(62)19-76-49(43)85-51(74)58-14-13-52(3,4)15-26(58)25-9-10-31-53(5)16-27(61)45(84-48-40(71)37(68)35(66)29(18-59)81-48)54(6,20-60)30(53)11-12-55(31,7)56(25,8)17-32(58)63/h9,23-24,26-50,59-73,75H,10-22H2,1-8H3/t23-,24-,26-,27-,28-,29+,30+,31+,32+,33-,34-,35+,36+,37-,38+,39+,40+,41+,42-,43+,44-,45-,46+,47-,48-,49-,50-,53-,54-,55+,56+,57+,58+/m0/s1. The zero-order chi connectivity index (χ0) is 62.2. The smallest absolute Gasteiger partial charge is 0.317 e. The van der Waals surface area contributed by atoms with Crippen molar-refractivity contribution in [1.82, 2.24) is 0 Å². The summed E-state index contributed by atoms with van der Waals surface area (Å²) in [5, 5.41) is 177. The third kappa shape index (κ3) is 10.7. The Morgan fingerprint density at radius 3 is 1.94 bits per heavy atom. The first-order valence-corrected chi connectivity index (χ1v) is 30.2. The molecule has 0 spiro atoms. The van der Waals surface area contributed by atoms with Crippen molar-refractivity contribution in [1.29, 1.82) is 0 Å². The highest BCUT2D eigenvalue weighted by Gasteiger charge is 2.73. The van der Waals surface area contributed by atoms with Crippen LogP contribution in [0.4, 0.5) is 0 Å². The van der Waals surface area contributed by atoms with Gasteiger partial charge in [-0.1, -0.05) is 53.2 Å². The Labute approximate surface area is 493 Å². The molecule has 27 nitrogen and oxygen atoms in total. The third-order valence-electron chi connectivity index (χ3n) is 22.9. The summed E-state index contributed by atoms with van der Waals surface area (Å²) in [4.78, 5) is 15.4. The quantitative estimate of drug-likeness (QED) is 0.0475. The predicted octanol–water partition coefficient (Wildman–Crippen LogP) is -3.96. The van der Waals surface area contributed by atoms with Gasteiger partial charge in [-0.15, -0.1) is 0 Å². The predicted molar refractivity (Wildman–Crippen MR) is 285 cm³/mol. The molecule has 5 heterocycles. The number of esters is 1. The van der Waals surface area contributed by atoms with Crippen LogP contribution in [0.5, 0.6) is 0 Å². The summed E-state index contributed by atoms with van der Waals surface area (Å²) in [6, 6.07) is 0. The maximum Gasteiger partial charge on any atom is 0.317 e. The van der Waals surface area contributed by atoms with Gasteiger partial charge in [0.1, 0.15) is 90.4 Å². The second kappa shape index (κ2) is 23.7. The van der Waals surface area contributed by atoms with E-state index in [2.05, 4.69) is 40.7 Å². The summed E-state index contributed by atoms with van der Waals surface area (Å²) in [5.41, 5.74) is -6.14. The Bertz CT molecular complexity index is 2400. The largest absolute Gasteiger partial charge is 0.432 e. The van der Waals surface area contributed by atoms with Gasteiger partial charge in [0.2, 0.25) is 6.29 Å². The van der Waals surface area contributed by atoms with Crippen LogP contribution in [-0.4, -0.2) is 274 Å². The molecule has 9 fully saturated rings. The second-order valence-electron chi connectivity index (χ2n) is 28.4. The molecule has 4 saturated carbocycles. The summed E-state index contributed by atoms with van der Waals surface area (Å²) in [5.74, 6) is -1.83. The van der Waals surface area contributed by atoms with E-state index in [9.17, 15) is 81.7 Å². The van der Waals surface area contributed by atoms with Gasteiger partial charge in [0.15, 0.2) is 31.3 Å². The fourth-order valence-corrected chi connectivity index (χ4v) is 17.5. The average molecular weight is 1220 g/mol. The number of carbonyl (C=O) groups is 1. The van der Waals surface area contributed by atoms with Gasteiger partial charge in [-0.3, -0.25) is 4.79 Å². The summed E-state index contributed by atoms with van der Waals surface area (Å²) in [6.07, 6.45) is -32.0. The Hall–Kier alpha value is -1.79. The highest BCUT2D eigenvalue weighted by atomic mass is 16.8. The van der Waals surface area contributed by atoms with Crippen LogP contribution < -0.4 is 0 Å². The molecule has 5 aliphatic carbocycles. The van der Waals surface area contributed by atoms with E-state index in [0.717, 1.165) is 5.57 Å². The first-order valence-electron chi connectivity index (χ1n) is 30.2. The van der Waals surface area contributed by atoms with Gasteiger partial charge in [-0.25, -0.2) is 0 Å². The van der Waals surface area contributed by atoms with E-state index >= 15 is 4.79 Å². The Kier molecular flexibility index (Phi) is 18.5. The molecule has 0 aromatic rings. The van der Waals surface area contributed by atoms with Gasteiger partial charge in [-0.05, 0) is 105 Å². The highest BCUT2D eigenvalue weighted by Crippen LogP contribution is 2.76. The van der Waals surface area contributed by atoms with Crippen molar-refractivity contribution >= 4 is 5.97 Å². The Balaban J connectivity index is 0.844. The summed E-state index contributed by atoms with van der Waals surface area (Å²) < 4.78 is 58.6. The molecule has 10 aliphatic rings. The van der Waals surface area contributed by atoms with Crippen molar-refractivity contribution < 1.29 is 134 Å². The van der Waals surface area contributed by atoms with E-state index in [-0.39, 0.29) is 36.5 Å². The summed E-state index contributed by atoms with van der Waals surface area (Å²) in [7, 11) is 0. The molecule has 0 radical (unpaired) electrons. The second-order valence-corrected chi connectivity index (χ2v) is 28.4. The maximum atomic E-state index is 15.4. The van der Waals surface area contributed by atoms with Crippen LogP contribution in [0.3, 0.4) is 0 Å². The number of hydrogen-bond acceptors (Lipinski definition) is 27. The van der Waals surface area contributed by atoms with Gasteiger partial charge in [-0.2, -0.15) is 0 Å². The Morgan fingerprint density at radius 2 is 1.26 bits per heavy atom. The zero-order valence-corrected chi connectivity index (χ0v) is 49.5. The monoisotopic (exact) mass is 1220 g/mol. The lowest BCUT2D eigenvalue weighted by atomic mass is 9.33. The fraction of sp³-hybridized carbons (Fsp3) is 0.948.